The van der Waals surface area contributed by atoms with Gasteiger partial charge in [-0.25, -0.2) is 0 Å². The monoisotopic (exact) mass is 315 g/mol. The minimum atomic E-state index is -4.41. The zero-order valence-electron chi connectivity index (χ0n) is 10.9. The van der Waals surface area contributed by atoms with Crippen molar-refractivity contribution in [2.24, 2.45) is 0 Å². The molecule has 2 N–H and O–H groups in total. The van der Waals surface area contributed by atoms with Crippen LogP contribution in [0.2, 0.25) is 0 Å². The molecule has 21 heavy (non-hydrogen) atoms. The molecular weight excluding hydrogens is 303 g/mol. The zero-order chi connectivity index (χ0) is 14.2. The van der Waals surface area contributed by atoms with Crippen molar-refractivity contribution in [2.45, 2.75) is 12.7 Å². The van der Waals surface area contributed by atoms with Crippen LogP contribution in [0.1, 0.15) is 22.5 Å². The van der Waals surface area contributed by atoms with Crippen LogP contribution in [0.3, 0.4) is 0 Å². The van der Waals surface area contributed by atoms with Crippen molar-refractivity contribution in [1.29, 1.82) is 0 Å². The summed E-state index contributed by atoms with van der Waals surface area (Å²) < 4.78 is 38.5. The van der Waals surface area contributed by atoms with Crippen molar-refractivity contribution in [1.82, 2.24) is 15.5 Å². The molecule has 0 fully saturated rings. The zero-order valence-corrected chi connectivity index (χ0v) is 11.7. The first-order valence-corrected chi connectivity index (χ1v) is 6.17. The number of benzene rings is 1. The fraction of sp³-hybridized carbons (Fsp3) is 0.214. The highest BCUT2D eigenvalue weighted by Crippen LogP contribution is 2.35. The molecule has 0 saturated carbocycles. The third kappa shape index (κ3) is 3.11. The maximum absolute atomic E-state index is 12.8. The van der Waals surface area contributed by atoms with Gasteiger partial charge in [0.2, 0.25) is 0 Å². The second-order valence-corrected chi connectivity index (χ2v) is 4.61. The second-order valence-electron chi connectivity index (χ2n) is 4.61. The number of nitrogens with one attached hydrogen (secondary N) is 2. The Morgan fingerprint density at radius 3 is 2.48 bits per heavy atom. The highest BCUT2D eigenvalue weighted by molar-refractivity contribution is 5.85. The Morgan fingerprint density at radius 2 is 1.81 bits per heavy atom. The lowest BCUT2D eigenvalue weighted by Crippen LogP contribution is -2.24. The van der Waals surface area contributed by atoms with Crippen LogP contribution in [-0.4, -0.2) is 16.7 Å². The predicted molar refractivity (Wildman–Crippen MR) is 76.9 cm³/mol. The number of aromatic nitrogens is 2. The van der Waals surface area contributed by atoms with Gasteiger partial charge >= 0.3 is 6.18 Å². The van der Waals surface area contributed by atoms with Gasteiger partial charge in [0.25, 0.3) is 0 Å². The van der Waals surface area contributed by atoms with Gasteiger partial charge in [0, 0.05) is 18.7 Å². The van der Waals surface area contributed by atoms with Crippen LogP contribution in [0.15, 0.2) is 30.3 Å². The fourth-order valence-corrected chi connectivity index (χ4v) is 2.31. The smallest absolute Gasteiger partial charge is 0.308 e. The van der Waals surface area contributed by atoms with Gasteiger partial charge < -0.3 is 5.32 Å². The average Bonchev–Trinajstić information content (AvgIpc) is 2.85. The minimum Gasteiger partial charge on any atom is -0.308 e. The summed E-state index contributed by atoms with van der Waals surface area (Å²) in [6.45, 7) is 0.677. The molecule has 3 rings (SSSR count). The Bertz CT molecular complexity index is 647. The number of nitrogens with zero attached hydrogens (tertiary/aromatic N) is 1. The summed E-state index contributed by atoms with van der Waals surface area (Å²) in [5, 5.41) is 8.95. The van der Waals surface area contributed by atoms with Gasteiger partial charge in [-0.05, 0) is 17.2 Å². The van der Waals surface area contributed by atoms with Crippen molar-refractivity contribution >= 4 is 24.1 Å². The number of aromatic amines is 1. The first-order valence-electron chi connectivity index (χ1n) is 6.17. The van der Waals surface area contributed by atoms with Gasteiger partial charge in [0.15, 0.2) is 0 Å². The summed E-state index contributed by atoms with van der Waals surface area (Å²) in [5.41, 5.74) is 1.52. The van der Waals surface area contributed by atoms with Crippen LogP contribution in [0, 0.1) is 0 Å². The number of rotatable bonds is 1. The van der Waals surface area contributed by atoms with Crippen LogP contribution >= 0.6 is 12.4 Å². The number of halogens is 4. The number of hydrogen-bond acceptors (Lipinski definition) is 2. The molecule has 7 heteroatoms. The van der Waals surface area contributed by atoms with Crippen molar-refractivity contribution in [2.75, 3.05) is 6.54 Å². The number of H-pyrrole nitrogens is 1. The van der Waals surface area contributed by atoms with E-state index in [1.54, 1.807) is 0 Å². The van der Waals surface area contributed by atoms with E-state index >= 15 is 0 Å². The van der Waals surface area contributed by atoms with E-state index in [1.807, 2.05) is 36.4 Å². The lowest BCUT2D eigenvalue weighted by Gasteiger charge is -2.17. The maximum atomic E-state index is 12.8. The van der Waals surface area contributed by atoms with E-state index in [9.17, 15) is 13.2 Å². The summed E-state index contributed by atoms with van der Waals surface area (Å²) >= 11 is 0. The van der Waals surface area contributed by atoms with E-state index in [4.69, 9.17) is 0 Å². The summed E-state index contributed by atoms with van der Waals surface area (Å²) in [5.74, 6) is 0. The first kappa shape index (κ1) is 15.6. The average molecular weight is 316 g/mol. The van der Waals surface area contributed by atoms with E-state index in [0.717, 1.165) is 11.1 Å². The van der Waals surface area contributed by atoms with Crippen molar-refractivity contribution < 1.29 is 13.2 Å². The molecule has 1 aromatic carbocycles. The molecule has 0 radical (unpaired) electrons. The molecule has 1 aliphatic rings. The standard InChI is InChI=1S/C14H12F3N3.ClH/c15-14(16,17)13-11-8-18-7-10(12(11)19-20-13)6-9-4-2-1-3-5-9;/h1-6,18H,7-8H2,(H,19,20);1H/b10-6+;. The van der Waals surface area contributed by atoms with Crippen LogP contribution < -0.4 is 5.32 Å². The van der Waals surface area contributed by atoms with Gasteiger partial charge in [-0.15, -0.1) is 12.4 Å². The van der Waals surface area contributed by atoms with E-state index in [2.05, 4.69) is 15.5 Å². The molecule has 0 amide bonds. The number of alkyl halides is 3. The van der Waals surface area contributed by atoms with Crippen LogP contribution in [0.4, 0.5) is 13.2 Å². The molecule has 0 aliphatic carbocycles. The molecule has 0 saturated heterocycles. The fourth-order valence-electron chi connectivity index (χ4n) is 2.31. The van der Waals surface area contributed by atoms with Crippen molar-refractivity contribution in [3.8, 4) is 0 Å². The number of fused-ring (bicyclic) bond motifs is 1. The third-order valence-corrected chi connectivity index (χ3v) is 3.21. The summed E-state index contributed by atoms with van der Waals surface area (Å²) in [6, 6.07) is 9.46. The van der Waals surface area contributed by atoms with Crippen LogP contribution in [-0.2, 0) is 12.7 Å². The molecule has 112 valence electrons. The molecule has 0 unspecified atom stereocenters. The Labute approximate surface area is 125 Å². The Hall–Kier alpha value is -1.79. The molecule has 0 bridgehead atoms. The lowest BCUT2D eigenvalue weighted by atomic mass is 9.99. The first-order chi connectivity index (χ1) is 9.55. The summed E-state index contributed by atoms with van der Waals surface area (Å²) in [4.78, 5) is 0. The quantitative estimate of drug-likeness (QED) is 0.845. The van der Waals surface area contributed by atoms with Gasteiger partial charge in [-0.3, -0.25) is 5.10 Å². The van der Waals surface area contributed by atoms with E-state index in [0.29, 0.717) is 12.2 Å². The second kappa shape index (κ2) is 5.91. The van der Waals surface area contributed by atoms with Crippen LogP contribution in [0.5, 0.6) is 0 Å². The summed E-state index contributed by atoms with van der Waals surface area (Å²) in [6.07, 6.45) is -2.55. The SMILES string of the molecule is Cl.FC(F)(F)c1[nH]nc2c1CNC/C2=C\c1ccccc1. The minimum absolute atomic E-state index is 0. The predicted octanol–water partition coefficient (Wildman–Crippen LogP) is 3.49. The molecule has 1 aromatic heterocycles. The topological polar surface area (TPSA) is 40.7 Å². The molecule has 2 aromatic rings. The van der Waals surface area contributed by atoms with Gasteiger partial charge in [-0.1, -0.05) is 30.3 Å². The molecular formula is C14H13ClF3N3. The molecule has 0 atom stereocenters. The van der Waals surface area contributed by atoms with E-state index in [1.165, 1.54) is 0 Å². The molecule has 1 aliphatic heterocycles. The van der Waals surface area contributed by atoms with Crippen molar-refractivity contribution in [3.05, 3.63) is 52.8 Å². The maximum Gasteiger partial charge on any atom is 0.433 e. The van der Waals surface area contributed by atoms with Gasteiger partial charge in [0.1, 0.15) is 5.69 Å². The van der Waals surface area contributed by atoms with Gasteiger partial charge in [-0.2, -0.15) is 18.3 Å². The van der Waals surface area contributed by atoms with Crippen molar-refractivity contribution in [3.63, 3.8) is 0 Å². The largest absolute Gasteiger partial charge is 0.433 e. The molecule has 3 nitrogen and oxygen atoms in total. The Morgan fingerprint density at radius 1 is 1.10 bits per heavy atom. The normalized spacial score (nSPS) is 16.4. The van der Waals surface area contributed by atoms with Crippen LogP contribution in [0.25, 0.3) is 11.6 Å². The lowest BCUT2D eigenvalue weighted by molar-refractivity contribution is -0.141. The van der Waals surface area contributed by atoms with E-state index < -0.39 is 11.9 Å². The molecule has 0 spiro atoms. The highest BCUT2D eigenvalue weighted by atomic mass is 35.5. The Kier molecular flexibility index (Phi) is 4.39. The summed E-state index contributed by atoms with van der Waals surface area (Å²) in [7, 11) is 0. The highest BCUT2D eigenvalue weighted by Gasteiger charge is 2.38. The Balaban J connectivity index is 0.00000161. The van der Waals surface area contributed by atoms with E-state index in [-0.39, 0.29) is 24.5 Å². The number of hydrogen-bond donors (Lipinski definition) is 2. The molecule has 2 heterocycles. The third-order valence-electron chi connectivity index (χ3n) is 3.21. The van der Waals surface area contributed by atoms with Gasteiger partial charge in [0.05, 0.1) is 5.69 Å².